The van der Waals surface area contributed by atoms with Gasteiger partial charge in [-0.25, -0.2) is 0 Å². The summed E-state index contributed by atoms with van der Waals surface area (Å²) in [6.07, 6.45) is 1.98. The van der Waals surface area contributed by atoms with Gasteiger partial charge in [0.15, 0.2) is 0 Å². The first-order chi connectivity index (χ1) is 17.2. The van der Waals surface area contributed by atoms with Crippen LogP contribution in [0, 0.1) is 0 Å². The molecule has 4 N–H and O–H groups in total. The van der Waals surface area contributed by atoms with Crippen molar-refractivity contribution in [2.24, 2.45) is 0 Å². The SMILES string of the molecule is Nc1ccccc1NC(=O)/C=C/c1ccc(C=C(C(=O)NC2CC2)c2ccc(C(F)(F)F)cc2)cc1. The van der Waals surface area contributed by atoms with Gasteiger partial charge in [0.2, 0.25) is 5.91 Å². The summed E-state index contributed by atoms with van der Waals surface area (Å²) >= 11 is 0. The third kappa shape index (κ3) is 6.63. The van der Waals surface area contributed by atoms with E-state index in [1.165, 1.54) is 18.2 Å². The van der Waals surface area contributed by atoms with Crippen LogP contribution in [0.1, 0.15) is 35.1 Å². The van der Waals surface area contributed by atoms with E-state index in [0.717, 1.165) is 30.5 Å². The summed E-state index contributed by atoms with van der Waals surface area (Å²) in [4.78, 5) is 25.0. The highest BCUT2D eigenvalue weighted by Crippen LogP contribution is 2.31. The molecule has 36 heavy (non-hydrogen) atoms. The molecule has 0 spiro atoms. The van der Waals surface area contributed by atoms with Gasteiger partial charge in [-0.05, 0) is 65.9 Å². The van der Waals surface area contributed by atoms with Crippen molar-refractivity contribution in [1.82, 2.24) is 5.32 Å². The fourth-order valence-electron chi connectivity index (χ4n) is 3.44. The predicted octanol–water partition coefficient (Wildman–Crippen LogP) is 5.76. The Morgan fingerprint density at radius 3 is 2.14 bits per heavy atom. The molecule has 0 unspecified atom stereocenters. The molecule has 8 heteroatoms. The summed E-state index contributed by atoms with van der Waals surface area (Å²) in [5.41, 5.74) is 8.15. The monoisotopic (exact) mass is 491 g/mol. The topological polar surface area (TPSA) is 84.2 Å². The lowest BCUT2D eigenvalue weighted by atomic mass is 10.00. The lowest BCUT2D eigenvalue weighted by molar-refractivity contribution is -0.137. The van der Waals surface area contributed by atoms with E-state index < -0.39 is 11.7 Å². The molecule has 0 aromatic heterocycles. The number of carbonyl (C=O) groups excluding carboxylic acids is 2. The van der Waals surface area contributed by atoms with Crippen molar-refractivity contribution < 1.29 is 22.8 Å². The molecule has 1 saturated carbocycles. The summed E-state index contributed by atoms with van der Waals surface area (Å²) in [5.74, 6) is -0.670. The first-order valence-electron chi connectivity index (χ1n) is 11.3. The van der Waals surface area contributed by atoms with Gasteiger partial charge < -0.3 is 16.4 Å². The quantitative estimate of drug-likeness (QED) is 0.223. The molecule has 4 rings (SSSR count). The highest BCUT2D eigenvalue weighted by atomic mass is 19.4. The first-order valence-corrected chi connectivity index (χ1v) is 11.3. The van der Waals surface area contributed by atoms with E-state index in [4.69, 9.17) is 5.73 Å². The third-order valence-electron chi connectivity index (χ3n) is 5.57. The molecule has 3 aromatic rings. The van der Waals surface area contributed by atoms with E-state index in [1.807, 2.05) is 0 Å². The summed E-state index contributed by atoms with van der Waals surface area (Å²) in [6, 6.07) is 18.7. The van der Waals surface area contributed by atoms with Crippen molar-refractivity contribution in [2.75, 3.05) is 11.1 Å². The minimum Gasteiger partial charge on any atom is -0.397 e. The molecule has 1 aliphatic carbocycles. The van der Waals surface area contributed by atoms with Crippen LogP contribution in [-0.2, 0) is 15.8 Å². The molecule has 2 amide bonds. The molecule has 0 atom stereocenters. The lowest BCUT2D eigenvalue weighted by Crippen LogP contribution is -2.26. The molecule has 0 radical (unpaired) electrons. The fourth-order valence-corrected chi connectivity index (χ4v) is 3.44. The minimum atomic E-state index is -4.45. The molecule has 0 bridgehead atoms. The molecule has 1 aliphatic rings. The van der Waals surface area contributed by atoms with Gasteiger partial charge in [0.1, 0.15) is 0 Å². The number of hydrogen-bond donors (Lipinski definition) is 3. The van der Waals surface area contributed by atoms with Crippen LogP contribution in [0.15, 0.2) is 78.9 Å². The maximum atomic E-state index is 13.0. The Morgan fingerprint density at radius 1 is 0.889 bits per heavy atom. The Kier molecular flexibility index (Phi) is 7.24. The number of halogens is 3. The second-order valence-electron chi connectivity index (χ2n) is 8.46. The van der Waals surface area contributed by atoms with Crippen molar-refractivity contribution in [1.29, 1.82) is 0 Å². The van der Waals surface area contributed by atoms with Crippen LogP contribution in [0.4, 0.5) is 24.5 Å². The highest BCUT2D eigenvalue weighted by Gasteiger charge is 2.30. The van der Waals surface area contributed by atoms with E-state index in [0.29, 0.717) is 22.5 Å². The Balaban J connectivity index is 1.50. The number of nitrogen functional groups attached to an aromatic ring is 1. The standard InChI is InChI=1S/C28H24F3N3O2/c29-28(30,31)21-12-10-20(11-13-21)23(27(36)33-22-14-15-22)17-19-7-5-18(6-8-19)9-16-26(35)34-25-4-2-1-3-24(25)32/h1-13,16-17,22H,14-15,32H2,(H,33,36)(H,34,35)/b16-9+,23-17?. The number of benzene rings is 3. The van der Waals surface area contributed by atoms with E-state index in [1.54, 1.807) is 60.7 Å². The van der Waals surface area contributed by atoms with E-state index in [9.17, 15) is 22.8 Å². The average Bonchev–Trinajstić information content (AvgIpc) is 3.67. The Morgan fingerprint density at radius 2 is 1.53 bits per heavy atom. The van der Waals surface area contributed by atoms with E-state index in [-0.39, 0.29) is 23.4 Å². The summed E-state index contributed by atoms with van der Waals surface area (Å²) < 4.78 is 38.9. The Labute approximate surface area is 206 Å². The Hall–Kier alpha value is -4.33. The van der Waals surface area contributed by atoms with Gasteiger partial charge in [-0.3, -0.25) is 9.59 Å². The van der Waals surface area contributed by atoms with Gasteiger partial charge in [-0.2, -0.15) is 13.2 Å². The average molecular weight is 492 g/mol. The maximum absolute atomic E-state index is 13.0. The van der Waals surface area contributed by atoms with Crippen LogP contribution >= 0.6 is 0 Å². The molecule has 0 heterocycles. The zero-order valence-electron chi connectivity index (χ0n) is 19.2. The van der Waals surface area contributed by atoms with Crippen LogP contribution in [0.2, 0.25) is 0 Å². The van der Waals surface area contributed by atoms with Crippen molar-refractivity contribution in [3.63, 3.8) is 0 Å². The van der Waals surface area contributed by atoms with Crippen LogP contribution in [0.3, 0.4) is 0 Å². The van der Waals surface area contributed by atoms with Gasteiger partial charge in [0.25, 0.3) is 5.91 Å². The minimum absolute atomic E-state index is 0.0974. The lowest BCUT2D eigenvalue weighted by Gasteiger charge is -2.11. The second kappa shape index (κ2) is 10.5. The molecule has 184 valence electrons. The summed E-state index contributed by atoms with van der Waals surface area (Å²) in [5, 5.41) is 5.60. The molecule has 5 nitrogen and oxygen atoms in total. The molecular formula is C28H24F3N3O2. The molecular weight excluding hydrogens is 467 g/mol. The number of nitrogens with one attached hydrogen (secondary N) is 2. The molecule has 1 fully saturated rings. The second-order valence-corrected chi connectivity index (χ2v) is 8.46. The number of nitrogens with two attached hydrogens (primary N) is 1. The number of anilines is 2. The van der Waals surface area contributed by atoms with Crippen molar-refractivity contribution >= 4 is 40.9 Å². The van der Waals surface area contributed by atoms with E-state index in [2.05, 4.69) is 10.6 Å². The van der Waals surface area contributed by atoms with Crippen LogP contribution in [-0.4, -0.2) is 17.9 Å². The van der Waals surface area contributed by atoms with Crippen molar-refractivity contribution in [2.45, 2.75) is 25.1 Å². The summed E-state index contributed by atoms with van der Waals surface area (Å²) in [6.45, 7) is 0. The predicted molar refractivity (Wildman–Crippen MR) is 135 cm³/mol. The van der Waals surface area contributed by atoms with Gasteiger partial charge in [0, 0.05) is 17.7 Å². The normalized spacial score (nSPS) is 14.0. The number of alkyl halides is 3. The number of hydrogen-bond acceptors (Lipinski definition) is 3. The number of rotatable bonds is 7. The molecule has 0 aliphatic heterocycles. The van der Waals surface area contributed by atoms with Crippen LogP contribution in [0.25, 0.3) is 17.7 Å². The van der Waals surface area contributed by atoms with Gasteiger partial charge >= 0.3 is 6.18 Å². The van der Waals surface area contributed by atoms with E-state index >= 15 is 0 Å². The van der Waals surface area contributed by atoms with Crippen molar-refractivity contribution in [3.8, 4) is 0 Å². The zero-order valence-corrected chi connectivity index (χ0v) is 19.2. The van der Waals surface area contributed by atoms with Gasteiger partial charge in [-0.1, -0.05) is 48.5 Å². The largest absolute Gasteiger partial charge is 0.416 e. The van der Waals surface area contributed by atoms with Gasteiger partial charge in [0.05, 0.1) is 16.9 Å². The first kappa shape index (κ1) is 24.8. The zero-order chi connectivity index (χ0) is 25.7. The number of carbonyl (C=O) groups is 2. The smallest absolute Gasteiger partial charge is 0.397 e. The molecule has 0 saturated heterocycles. The third-order valence-corrected chi connectivity index (χ3v) is 5.57. The number of para-hydroxylation sites is 2. The highest BCUT2D eigenvalue weighted by molar-refractivity contribution is 6.24. The fraction of sp³-hybridized carbons (Fsp3) is 0.143. The summed E-state index contributed by atoms with van der Waals surface area (Å²) in [7, 11) is 0. The van der Waals surface area contributed by atoms with Crippen molar-refractivity contribution in [3.05, 3.63) is 101 Å². The Bertz CT molecular complexity index is 1310. The number of amides is 2. The molecule has 3 aromatic carbocycles. The maximum Gasteiger partial charge on any atom is 0.416 e. The van der Waals surface area contributed by atoms with Crippen LogP contribution in [0.5, 0.6) is 0 Å². The van der Waals surface area contributed by atoms with Gasteiger partial charge in [-0.15, -0.1) is 0 Å². The van der Waals surface area contributed by atoms with Crippen LogP contribution < -0.4 is 16.4 Å².